The lowest BCUT2D eigenvalue weighted by atomic mass is 10.1. The second-order valence-electron chi connectivity index (χ2n) is 5.57. The lowest BCUT2D eigenvalue weighted by Crippen LogP contribution is -1.86. The van der Waals surface area contributed by atoms with Crippen LogP contribution >= 0.6 is 34.5 Å². The predicted octanol–water partition coefficient (Wildman–Crippen LogP) is 7.67. The van der Waals surface area contributed by atoms with Gasteiger partial charge in [0.25, 0.3) is 0 Å². The van der Waals surface area contributed by atoms with Gasteiger partial charge in [-0.1, -0.05) is 26.0 Å². The summed E-state index contributed by atoms with van der Waals surface area (Å²) < 4.78 is 0. The van der Waals surface area contributed by atoms with Crippen LogP contribution in [0.25, 0.3) is 21.6 Å². The van der Waals surface area contributed by atoms with Gasteiger partial charge in [0, 0.05) is 41.1 Å². The molecule has 2 heterocycles. The first kappa shape index (κ1) is 23.5. The van der Waals surface area contributed by atoms with E-state index in [1.807, 2.05) is 32.2 Å². The third-order valence-corrected chi connectivity index (χ3v) is 4.88. The van der Waals surface area contributed by atoms with Crippen molar-refractivity contribution in [3.63, 3.8) is 0 Å². The van der Waals surface area contributed by atoms with Crippen LogP contribution in [0, 0.1) is 0 Å². The monoisotopic (exact) mass is 422 g/mol. The predicted molar refractivity (Wildman–Crippen MR) is 124 cm³/mol. The normalized spacial score (nSPS) is 11.8. The van der Waals surface area contributed by atoms with Gasteiger partial charge in [0.2, 0.25) is 0 Å². The highest BCUT2D eigenvalue weighted by atomic mass is 35.5. The Labute approximate surface area is 177 Å². The average Bonchev–Trinajstić information content (AvgIpc) is 3.50. The Morgan fingerprint density at radius 1 is 0.889 bits per heavy atom. The van der Waals surface area contributed by atoms with Crippen molar-refractivity contribution in [1.29, 1.82) is 0 Å². The van der Waals surface area contributed by atoms with Gasteiger partial charge in [-0.15, -0.1) is 34.5 Å². The second kappa shape index (κ2) is 12.8. The molecule has 1 aliphatic rings. The number of halogens is 2. The maximum Gasteiger partial charge on any atom is 0.0440 e. The highest BCUT2D eigenvalue weighted by Gasteiger charge is 2.25. The maximum atomic E-state index is 5.75. The van der Waals surface area contributed by atoms with Crippen molar-refractivity contribution >= 4 is 40.2 Å². The number of rotatable bonds is 3. The first-order chi connectivity index (χ1) is 13.3. The van der Waals surface area contributed by atoms with E-state index in [9.17, 15) is 0 Å². The van der Waals surface area contributed by atoms with E-state index in [1.54, 1.807) is 11.3 Å². The standard InChI is InChI=1S/C18H16N2S.C2H6.2CH3Cl/c19-16-5-3-13(4-6-16)18-10-15(11-21-18)14-7-8-20-17(9-14)12-1-2-12;3*1-2/h3-12H,1-2,19H2;1-2H3;2*1H3. The van der Waals surface area contributed by atoms with Crippen molar-refractivity contribution in [1.82, 2.24) is 4.98 Å². The smallest absolute Gasteiger partial charge is 0.0440 e. The van der Waals surface area contributed by atoms with Crippen molar-refractivity contribution in [2.45, 2.75) is 32.6 Å². The van der Waals surface area contributed by atoms with E-state index in [4.69, 9.17) is 5.73 Å². The molecule has 2 aromatic heterocycles. The number of nitrogens with zero attached hydrogens (tertiary/aromatic N) is 1. The Bertz CT molecular complexity index is 781. The summed E-state index contributed by atoms with van der Waals surface area (Å²) in [7, 11) is 0. The van der Waals surface area contributed by atoms with Gasteiger partial charge < -0.3 is 5.73 Å². The van der Waals surface area contributed by atoms with Crippen LogP contribution < -0.4 is 5.73 Å². The van der Waals surface area contributed by atoms with Crippen LogP contribution in [0.1, 0.15) is 38.3 Å². The number of hydrogen-bond acceptors (Lipinski definition) is 3. The van der Waals surface area contributed by atoms with Gasteiger partial charge in [-0.25, -0.2) is 0 Å². The van der Waals surface area contributed by atoms with Crippen LogP contribution in [0.15, 0.2) is 54.0 Å². The number of pyridine rings is 1. The summed E-state index contributed by atoms with van der Waals surface area (Å²) in [6.07, 6.45) is 7.46. The summed E-state index contributed by atoms with van der Waals surface area (Å²) in [6.45, 7) is 4.00. The van der Waals surface area contributed by atoms with Gasteiger partial charge in [0.05, 0.1) is 0 Å². The average molecular weight is 423 g/mol. The first-order valence-electron chi connectivity index (χ1n) is 8.96. The summed E-state index contributed by atoms with van der Waals surface area (Å²) in [5.74, 6) is 0.695. The van der Waals surface area contributed by atoms with E-state index >= 15 is 0 Å². The molecule has 1 saturated carbocycles. The van der Waals surface area contributed by atoms with E-state index < -0.39 is 0 Å². The van der Waals surface area contributed by atoms with Gasteiger partial charge in [-0.2, -0.15) is 0 Å². The summed E-state index contributed by atoms with van der Waals surface area (Å²) in [6, 6.07) is 14.6. The van der Waals surface area contributed by atoms with E-state index in [-0.39, 0.29) is 0 Å². The molecule has 1 aliphatic carbocycles. The van der Waals surface area contributed by atoms with Crippen LogP contribution in [0.5, 0.6) is 0 Å². The quantitative estimate of drug-likeness (QED) is 0.347. The van der Waals surface area contributed by atoms with Gasteiger partial charge in [-0.3, -0.25) is 4.98 Å². The minimum Gasteiger partial charge on any atom is -0.399 e. The number of benzene rings is 1. The third-order valence-electron chi connectivity index (χ3n) is 3.90. The fraction of sp³-hybridized carbons (Fsp3) is 0.318. The summed E-state index contributed by atoms with van der Waals surface area (Å²) in [4.78, 5) is 5.76. The zero-order chi connectivity index (χ0) is 20.2. The number of nitrogens with two attached hydrogens (primary N) is 1. The molecule has 0 radical (unpaired) electrons. The molecule has 5 heteroatoms. The Hall–Kier alpha value is -1.55. The van der Waals surface area contributed by atoms with Crippen LogP contribution in [-0.2, 0) is 0 Å². The van der Waals surface area contributed by atoms with Crippen molar-refractivity contribution in [3.05, 3.63) is 59.7 Å². The van der Waals surface area contributed by atoms with E-state index in [2.05, 4.69) is 63.9 Å². The Morgan fingerprint density at radius 2 is 1.52 bits per heavy atom. The van der Waals surface area contributed by atoms with Crippen LogP contribution in [0.4, 0.5) is 5.69 Å². The molecule has 2 nitrogen and oxygen atoms in total. The molecule has 1 fully saturated rings. The number of anilines is 1. The Morgan fingerprint density at radius 3 is 2.11 bits per heavy atom. The molecular weight excluding hydrogens is 395 g/mol. The lowest BCUT2D eigenvalue weighted by molar-refractivity contribution is 1.02. The van der Waals surface area contributed by atoms with E-state index in [0.717, 1.165) is 5.69 Å². The zero-order valence-electron chi connectivity index (χ0n) is 16.4. The first-order valence-corrected chi connectivity index (χ1v) is 11.3. The van der Waals surface area contributed by atoms with Crippen molar-refractivity contribution < 1.29 is 0 Å². The SMILES string of the molecule is CC.CCl.CCl.Nc1ccc(-c2cc(-c3ccnc(C4CC4)c3)cs2)cc1. The van der Waals surface area contributed by atoms with Crippen LogP contribution in [-0.4, -0.2) is 17.7 Å². The maximum absolute atomic E-state index is 5.75. The molecule has 0 bridgehead atoms. The molecular formula is C22H28Cl2N2S. The van der Waals surface area contributed by atoms with Gasteiger partial charge in [-0.05, 0) is 65.2 Å². The van der Waals surface area contributed by atoms with Crippen LogP contribution in [0.3, 0.4) is 0 Å². The van der Waals surface area contributed by atoms with Gasteiger partial charge in [0.15, 0.2) is 0 Å². The minimum absolute atomic E-state index is 0.695. The molecule has 0 unspecified atom stereocenters. The minimum atomic E-state index is 0.695. The Balaban J connectivity index is 0.000000556. The zero-order valence-corrected chi connectivity index (χ0v) is 18.7. The summed E-state index contributed by atoms with van der Waals surface area (Å²) >= 11 is 11.0. The molecule has 27 heavy (non-hydrogen) atoms. The number of thiophene rings is 1. The van der Waals surface area contributed by atoms with Crippen molar-refractivity contribution in [2.24, 2.45) is 0 Å². The number of hydrogen-bond donors (Lipinski definition) is 1. The third kappa shape index (κ3) is 6.84. The number of nitrogen functional groups attached to an aromatic ring is 1. The molecule has 1 aromatic carbocycles. The molecule has 0 atom stereocenters. The molecule has 146 valence electrons. The largest absolute Gasteiger partial charge is 0.399 e. The van der Waals surface area contributed by atoms with Gasteiger partial charge >= 0.3 is 0 Å². The van der Waals surface area contributed by atoms with Crippen molar-refractivity contribution in [2.75, 3.05) is 18.5 Å². The Kier molecular flexibility index (Phi) is 11.1. The fourth-order valence-electron chi connectivity index (χ4n) is 2.52. The number of aromatic nitrogens is 1. The highest BCUT2D eigenvalue weighted by Crippen LogP contribution is 2.40. The van der Waals surface area contributed by atoms with E-state index in [1.165, 1.54) is 52.9 Å². The highest BCUT2D eigenvalue weighted by molar-refractivity contribution is 7.14. The van der Waals surface area contributed by atoms with Crippen LogP contribution in [0.2, 0.25) is 0 Å². The molecule has 0 saturated heterocycles. The summed E-state index contributed by atoms with van der Waals surface area (Å²) in [5, 5.41) is 2.22. The van der Waals surface area contributed by atoms with Crippen molar-refractivity contribution in [3.8, 4) is 21.6 Å². The molecule has 0 spiro atoms. The fourth-order valence-corrected chi connectivity index (χ4v) is 3.44. The molecule has 3 aromatic rings. The summed E-state index contributed by atoms with van der Waals surface area (Å²) in [5.41, 5.74) is 11.6. The molecule has 4 rings (SSSR count). The lowest BCUT2D eigenvalue weighted by Gasteiger charge is -2.01. The molecule has 2 N–H and O–H groups in total. The van der Waals surface area contributed by atoms with E-state index in [0.29, 0.717) is 5.92 Å². The molecule has 0 amide bonds. The number of alkyl halides is 2. The second-order valence-corrected chi connectivity index (χ2v) is 6.48. The topological polar surface area (TPSA) is 38.9 Å². The van der Waals surface area contributed by atoms with Gasteiger partial charge in [0.1, 0.15) is 0 Å². The molecule has 0 aliphatic heterocycles.